The average molecular weight is 529 g/mol. The molecule has 0 unspecified atom stereocenters. The van der Waals surface area contributed by atoms with Crippen molar-refractivity contribution < 1.29 is 61.7 Å². The van der Waals surface area contributed by atoms with Crippen LogP contribution in [0.25, 0.3) is 0 Å². The smallest absolute Gasteiger partial charge is 0.305 e. The molecule has 0 spiro atoms. The first-order chi connectivity index (χ1) is 17.5. The minimum absolute atomic E-state index is 0.0654. The van der Waals surface area contributed by atoms with E-state index in [2.05, 4.69) is 10.6 Å². The van der Waals surface area contributed by atoms with Crippen LogP contribution in [0.1, 0.15) is 27.7 Å². The molecule has 1 amide bonds. The molecule has 1 aromatic rings. The quantitative estimate of drug-likeness (QED) is 0.221. The van der Waals surface area contributed by atoms with Gasteiger partial charge in [-0.2, -0.15) is 0 Å². The lowest BCUT2D eigenvalue weighted by atomic mass is 9.93. The van der Waals surface area contributed by atoms with Crippen molar-refractivity contribution in [2.75, 3.05) is 43.2 Å². The van der Waals surface area contributed by atoms with Crippen LogP contribution < -0.4 is 15.1 Å². The Bertz CT molecular complexity index is 1010. The zero-order chi connectivity index (χ0) is 27.1. The highest BCUT2D eigenvalue weighted by molar-refractivity contribution is 5.93. The zero-order valence-corrected chi connectivity index (χ0v) is 20.7. The number of amides is 1. The first-order valence-electron chi connectivity index (χ1n) is 11.4. The number of morpholine rings is 1. The third-order valence-electron chi connectivity index (χ3n) is 5.23. The Balaban J connectivity index is 1.88. The summed E-state index contributed by atoms with van der Waals surface area (Å²) in [5.74, 6) is -4.02. The van der Waals surface area contributed by atoms with Crippen molar-refractivity contribution in [3.63, 3.8) is 0 Å². The summed E-state index contributed by atoms with van der Waals surface area (Å²) in [5.41, 5.74) is 0. The first-order valence-corrected chi connectivity index (χ1v) is 11.4. The van der Waals surface area contributed by atoms with Crippen molar-refractivity contribution in [3.05, 3.63) is 6.20 Å². The standard InChI is InChI=1S/C21H28N4O12/c1-11(26)32-10-15-17(33-12(2)27)18(34-13(3)28)19(35-14(4)29)20(36-15)21(30)22-16-9-25(23-37-16)24-5-7-31-8-6-24/h9,15,17-20H,5-8,10H2,1-4H3/p+1/t15-,17-,18+,19-,20+/m1/s1. The second-order valence-electron chi connectivity index (χ2n) is 8.16. The van der Waals surface area contributed by atoms with Crippen LogP contribution in [0.4, 0.5) is 5.88 Å². The fourth-order valence-corrected chi connectivity index (χ4v) is 3.82. The van der Waals surface area contributed by atoms with Gasteiger partial charge in [0.1, 0.15) is 12.7 Å². The summed E-state index contributed by atoms with van der Waals surface area (Å²) >= 11 is 0. The topological polar surface area (TPSA) is 186 Å². The summed E-state index contributed by atoms with van der Waals surface area (Å²) in [6.45, 7) is 6.02. The van der Waals surface area contributed by atoms with Crippen LogP contribution in [0.3, 0.4) is 0 Å². The second-order valence-corrected chi connectivity index (χ2v) is 8.16. The molecule has 2 aliphatic heterocycles. The fraction of sp³-hybridized carbons (Fsp3) is 0.667. The molecule has 0 bridgehead atoms. The van der Waals surface area contributed by atoms with E-state index in [1.54, 1.807) is 0 Å². The van der Waals surface area contributed by atoms with Gasteiger partial charge in [-0.3, -0.25) is 33.8 Å². The molecule has 37 heavy (non-hydrogen) atoms. The van der Waals surface area contributed by atoms with E-state index < -0.39 is 66.9 Å². The fourth-order valence-electron chi connectivity index (χ4n) is 3.82. The highest BCUT2D eigenvalue weighted by atomic mass is 16.7. The van der Waals surface area contributed by atoms with E-state index >= 15 is 0 Å². The monoisotopic (exact) mass is 529 g/mol. The van der Waals surface area contributed by atoms with Crippen LogP contribution in [0.5, 0.6) is 0 Å². The lowest BCUT2D eigenvalue weighted by Gasteiger charge is -2.43. The van der Waals surface area contributed by atoms with Gasteiger partial charge in [-0.15, -0.1) is 5.01 Å². The van der Waals surface area contributed by atoms with Crippen LogP contribution in [-0.4, -0.2) is 98.5 Å². The van der Waals surface area contributed by atoms with Gasteiger partial charge < -0.3 is 28.4 Å². The Morgan fingerprint density at radius 2 is 1.54 bits per heavy atom. The number of ether oxygens (including phenoxy) is 6. The van der Waals surface area contributed by atoms with Crippen LogP contribution in [0.2, 0.25) is 0 Å². The predicted molar refractivity (Wildman–Crippen MR) is 116 cm³/mol. The molecule has 204 valence electrons. The molecule has 1 N–H and O–H groups in total. The van der Waals surface area contributed by atoms with Gasteiger partial charge in [-0.25, -0.2) is 0 Å². The maximum Gasteiger partial charge on any atom is 0.305 e. The lowest BCUT2D eigenvalue weighted by Crippen LogP contribution is -2.64. The van der Waals surface area contributed by atoms with E-state index in [1.807, 2.05) is 5.01 Å². The highest BCUT2D eigenvalue weighted by Crippen LogP contribution is 2.30. The van der Waals surface area contributed by atoms with Crippen molar-refractivity contribution in [2.45, 2.75) is 58.2 Å². The van der Waals surface area contributed by atoms with Crippen LogP contribution in [-0.2, 0) is 52.4 Å². The summed E-state index contributed by atoms with van der Waals surface area (Å²) < 4.78 is 37.1. The molecule has 2 fully saturated rings. The van der Waals surface area contributed by atoms with Gasteiger partial charge in [0, 0.05) is 27.7 Å². The molecule has 3 heterocycles. The average Bonchev–Trinajstić information content (AvgIpc) is 3.28. The van der Waals surface area contributed by atoms with Gasteiger partial charge in [0.2, 0.25) is 5.27 Å². The molecular formula is C21H29N4O12+. The molecule has 0 aromatic carbocycles. The minimum atomic E-state index is -1.59. The van der Waals surface area contributed by atoms with Crippen molar-refractivity contribution in [1.82, 2.24) is 5.27 Å². The zero-order valence-electron chi connectivity index (χ0n) is 20.7. The molecule has 2 saturated heterocycles. The van der Waals surface area contributed by atoms with Crippen molar-refractivity contribution in [1.29, 1.82) is 0 Å². The van der Waals surface area contributed by atoms with Crippen LogP contribution >= 0.6 is 0 Å². The van der Waals surface area contributed by atoms with Crippen molar-refractivity contribution >= 4 is 35.7 Å². The molecule has 16 heteroatoms. The number of carbonyl (C=O) groups excluding carboxylic acids is 5. The Hall–Kier alpha value is -3.79. The summed E-state index contributed by atoms with van der Waals surface area (Å²) in [7, 11) is 0. The van der Waals surface area contributed by atoms with E-state index in [0.717, 1.165) is 27.7 Å². The number of aromatic nitrogens is 2. The minimum Gasteiger partial charge on any atom is -0.463 e. The molecule has 3 rings (SSSR count). The number of hydrogen-bond acceptors (Lipinski definition) is 14. The number of nitrogens with one attached hydrogen (secondary N) is 1. The van der Waals surface area contributed by atoms with E-state index in [9.17, 15) is 24.0 Å². The molecule has 5 atom stereocenters. The molecular weight excluding hydrogens is 500 g/mol. The maximum absolute atomic E-state index is 13.3. The Kier molecular flexibility index (Phi) is 9.35. The van der Waals surface area contributed by atoms with Crippen LogP contribution in [0, 0.1) is 0 Å². The number of esters is 4. The third-order valence-corrected chi connectivity index (χ3v) is 5.23. The Morgan fingerprint density at radius 1 is 0.946 bits per heavy atom. The van der Waals surface area contributed by atoms with Gasteiger partial charge in [0.05, 0.1) is 31.1 Å². The molecule has 1 aromatic heterocycles. The largest absolute Gasteiger partial charge is 0.463 e. The number of hydrogen-bond donors (Lipinski definition) is 1. The number of rotatable bonds is 8. The summed E-state index contributed by atoms with van der Waals surface area (Å²) in [4.78, 5) is 61.7. The summed E-state index contributed by atoms with van der Waals surface area (Å²) in [6.07, 6.45) is -5.82. The Morgan fingerprint density at radius 3 is 2.14 bits per heavy atom. The van der Waals surface area contributed by atoms with E-state index in [1.165, 1.54) is 11.0 Å². The highest BCUT2D eigenvalue weighted by Gasteiger charge is 2.54. The lowest BCUT2D eigenvalue weighted by molar-refractivity contribution is -0.759. The van der Waals surface area contributed by atoms with E-state index in [4.69, 9.17) is 32.9 Å². The van der Waals surface area contributed by atoms with Crippen molar-refractivity contribution in [2.24, 2.45) is 0 Å². The van der Waals surface area contributed by atoms with E-state index in [-0.39, 0.29) is 5.88 Å². The van der Waals surface area contributed by atoms with Gasteiger partial charge in [-0.05, 0) is 0 Å². The molecule has 0 radical (unpaired) electrons. The number of carbonyl (C=O) groups is 5. The number of anilines is 1. The van der Waals surface area contributed by atoms with Gasteiger partial charge in [0.15, 0.2) is 24.4 Å². The second kappa shape index (κ2) is 12.4. The Labute approximate surface area is 210 Å². The normalized spacial score (nSPS) is 25.5. The number of nitrogens with zero attached hydrogens (tertiary/aromatic N) is 3. The predicted octanol–water partition coefficient (Wildman–Crippen LogP) is -2.01. The summed E-state index contributed by atoms with van der Waals surface area (Å²) in [5, 5.41) is 8.14. The third kappa shape index (κ3) is 7.60. The van der Waals surface area contributed by atoms with E-state index in [0.29, 0.717) is 26.3 Å². The van der Waals surface area contributed by atoms with Gasteiger partial charge >= 0.3 is 29.8 Å². The van der Waals surface area contributed by atoms with Crippen molar-refractivity contribution in [3.8, 4) is 0 Å². The maximum atomic E-state index is 13.3. The van der Waals surface area contributed by atoms with Crippen LogP contribution in [0.15, 0.2) is 10.7 Å². The molecule has 0 aliphatic carbocycles. The van der Waals surface area contributed by atoms with Gasteiger partial charge in [-0.1, -0.05) is 0 Å². The molecule has 0 saturated carbocycles. The summed E-state index contributed by atoms with van der Waals surface area (Å²) in [6, 6.07) is 0. The first kappa shape index (κ1) is 27.8. The molecule has 16 nitrogen and oxygen atoms in total. The molecule has 2 aliphatic rings. The van der Waals surface area contributed by atoms with Gasteiger partial charge in [0.25, 0.3) is 12.1 Å². The SMILES string of the molecule is CC(=O)OC[C@H]1O[C@H](C(=O)Nc2c[n+](N3CCOCC3)no2)[C@H](OC(C)=O)[C@@H](OC(C)=O)[C@@H]1OC(C)=O.